The van der Waals surface area contributed by atoms with E-state index < -0.39 is 0 Å². The predicted octanol–water partition coefficient (Wildman–Crippen LogP) is 4.42. The average molecular weight is 365 g/mol. The molecule has 0 bridgehead atoms. The minimum atomic E-state index is -0.110. The summed E-state index contributed by atoms with van der Waals surface area (Å²) in [7, 11) is 5.05. The number of ketones is 1. The molecule has 2 rings (SSSR count). The second-order valence-corrected chi connectivity index (χ2v) is 6.56. The number of ether oxygens (including phenoxy) is 1. The van der Waals surface area contributed by atoms with E-state index in [4.69, 9.17) is 4.74 Å². The lowest BCUT2D eigenvalue weighted by Gasteiger charge is -2.12. The Labute approximate surface area is 161 Å². The molecule has 4 nitrogen and oxygen atoms in total. The normalized spacial score (nSPS) is 10.9. The van der Waals surface area contributed by atoms with E-state index in [1.807, 2.05) is 0 Å². The number of aryl methyl sites for hydroxylation is 2. The van der Waals surface area contributed by atoms with Crippen molar-refractivity contribution in [2.45, 2.75) is 26.7 Å². The molecule has 1 amide bonds. The molecule has 0 saturated carbocycles. The maximum absolute atomic E-state index is 12.5. The predicted molar refractivity (Wildman–Crippen MR) is 110 cm³/mol. The van der Waals surface area contributed by atoms with Gasteiger partial charge in [-0.05, 0) is 54.3 Å². The molecule has 0 atom stereocenters. The highest BCUT2D eigenvalue weighted by atomic mass is 16.5. The van der Waals surface area contributed by atoms with Gasteiger partial charge in [-0.2, -0.15) is 0 Å². The largest absolute Gasteiger partial charge is 0.496 e. The van der Waals surface area contributed by atoms with Gasteiger partial charge in [0.1, 0.15) is 5.75 Å². The Morgan fingerprint density at radius 1 is 1.00 bits per heavy atom. The fraction of sp³-hybridized carbons (Fsp3) is 0.304. The Hall–Kier alpha value is -2.88. The first-order valence-corrected chi connectivity index (χ1v) is 9.15. The molecule has 27 heavy (non-hydrogen) atoms. The van der Waals surface area contributed by atoms with Crippen LogP contribution in [0.5, 0.6) is 5.75 Å². The number of methoxy groups -OCH3 is 1. The van der Waals surface area contributed by atoms with Crippen LogP contribution < -0.4 is 4.74 Å². The Morgan fingerprint density at radius 3 is 2.15 bits per heavy atom. The zero-order valence-corrected chi connectivity index (χ0v) is 16.7. The molecule has 0 saturated heterocycles. The van der Waals surface area contributed by atoms with E-state index in [9.17, 15) is 9.59 Å². The van der Waals surface area contributed by atoms with Crippen LogP contribution in [0.3, 0.4) is 0 Å². The fourth-order valence-corrected chi connectivity index (χ4v) is 2.92. The number of hydrogen-bond donors (Lipinski definition) is 0. The molecule has 0 spiro atoms. The van der Waals surface area contributed by atoms with Gasteiger partial charge in [-0.1, -0.05) is 32.0 Å². The topological polar surface area (TPSA) is 46.6 Å². The van der Waals surface area contributed by atoms with Crippen molar-refractivity contribution >= 4 is 17.8 Å². The first-order valence-electron chi connectivity index (χ1n) is 9.15. The van der Waals surface area contributed by atoms with Crippen LogP contribution >= 0.6 is 0 Å². The van der Waals surface area contributed by atoms with E-state index in [1.165, 1.54) is 10.5 Å². The molecule has 0 radical (unpaired) electrons. The molecule has 0 unspecified atom stereocenters. The first kappa shape index (κ1) is 20.4. The maximum Gasteiger partial charge on any atom is 0.253 e. The van der Waals surface area contributed by atoms with Crippen LogP contribution in [0, 0.1) is 0 Å². The SMILES string of the molecule is CCc1cc(/C=C/C(=O)c2ccc(C(=O)N(C)C)cc2)c(OC)c(CC)c1. The van der Waals surface area contributed by atoms with Gasteiger partial charge in [-0.3, -0.25) is 9.59 Å². The van der Waals surface area contributed by atoms with Gasteiger partial charge < -0.3 is 9.64 Å². The molecule has 0 aliphatic carbocycles. The minimum absolute atomic E-state index is 0.0854. The van der Waals surface area contributed by atoms with Crippen molar-refractivity contribution in [3.63, 3.8) is 0 Å². The quantitative estimate of drug-likeness (QED) is 0.539. The zero-order chi connectivity index (χ0) is 20.0. The van der Waals surface area contributed by atoms with E-state index in [-0.39, 0.29) is 11.7 Å². The van der Waals surface area contributed by atoms with E-state index in [0.29, 0.717) is 11.1 Å². The molecular formula is C23H27NO3. The number of hydrogen-bond acceptors (Lipinski definition) is 3. The number of benzene rings is 2. The van der Waals surface area contributed by atoms with E-state index in [1.54, 1.807) is 57.6 Å². The van der Waals surface area contributed by atoms with Crippen LogP contribution in [-0.2, 0) is 12.8 Å². The van der Waals surface area contributed by atoms with Crippen molar-refractivity contribution in [2.24, 2.45) is 0 Å². The molecule has 4 heteroatoms. The van der Waals surface area contributed by atoms with Gasteiger partial charge in [-0.15, -0.1) is 0 Å². The summed E-state index contributed by atoms with van der Waals surface area (Å²) in [4.78, 5) is 26.0. The highest BCUT2D eigenvalue weighted by Crippen LogP contribution is 2.28. The van der Waals surface area contributed by atoms with Crippen LogP contribution in [0.4, 0.5) is 0 Å². The number of carbonyl (C=O) groups is 2. The summed E-state index contributed by atoms with van der Waals surface area (Å²) in [6, 6.07) is 10.9. The summed E-state index contributed by atoms with van der Waals surface area (Å²) in [5.74, 6) is 0.615. The van der Waals surface area contributed by atoms with Crippen LogP contribution in [-0.4, -0.2) is 37.8 Å². The second-order valence-electron chi connectivity index (χ2n) is 6.56. The maximum atomic E-state index is 12.5. The summed E-state index contributed by atoms with van der Waals surface area (Å²) in [5, 5.41) is 0. The Balaban J connectivity index is 2.27. The van der Waals surface area contributed by atoms with Crippen molar-refractivity contribution < 1.29 is 14.3 Å². The number of carbonyl (C=O) groups excluding carboxylic acids is 2. The zero-order valence-electron chi connectivity index (χ0n) is 16.7. The van der Waals surface area contributed by atoms with Crippen molar-refractivity contribution in [2.75, 3.05) is 21.2 Å². The third-order valence-electron chi connectivity index (χ3n) is 4.48. The number of nitrogens with zero attached hydrogens (tertiary/aromatic N) is 1. The van der Waals surface area contributed by atoms with Crippen LogP contribution in [0.2, 0.25) is 0 Å². The highest BCUT2D eigenvalue weighted by molar-refractivity contribution is 6.07. The third-order valence-corrected chi connectivity index (χ3v) is 4.48. The summed E-state index contributed by atoms with van der Waals surface area (Å²) in [6.45, 7) is 4.20. The molecule has 142 valence electrons. The lowest BCUT2D eigenvalue weighted by Crippen LogP contribution is -2.21. The van der Waals surface area contributed by atoms with Gasteiger partial charge >= 0.3 is 0 Å². The van der Waals surface area contributed by atoms with Crippen LogP contribution in [0.15, 0.2) is 42.5 Å². The van der Waals surface area contributed by atoms with Gasteiger partial charge in [0.05, 0.1) is 7.11 Å². The molecule has 0 aromatic heterocycles. The monoisotopic (exact) mass is 365 g/mol. The second kappa shape index (κ2) is 9.17. The van der Waals surface area contributed by atoms with Crippen LogP contribution in [0.25, 0.3) is 6.08 Å². The summed E-state index contributed by atoms with van der Waals surface area (Å²) < 4.78 is 5.56. The molecule has 2 aromatic rings. The Kier molecular flexibility index (Phi) is 6.94. The summed E-state index contributed by atoms with van der Waals surface area (Å²) >= 11 is 0. The first-order chi connectivity index (χ1) is 12.9. The van der Waals surface area contributed by atoms with Gasteiger partial charge in [-0.25, -0.2) is 0 Å². The number of amides is 1. The van der Waals surface area contributed by atoms with Gasteiger partial charge in [0, 0.05) is 30.8 Å². The smallest absolute Gasteiger partial charge is 0.253 e. The van der Waals surface area contributed by atoms with E-state index >= 15 is 0 Å². The summed E-state index contributed by atoms with van der Waals surface area (Å²) in [6.07, 6.45) is 5.15. The van der Waals surface area contributed by atoms with Crippen molar-refractivity contribution in [1.82, 2.24) is 4.90 Å². The van der Waals surface area contributed by atoms with Crippen molar-refractivity contribution in [1.29, 1.82) is 0 Å². The standard InChI is InChI=1S/C23H27NO3/c1-6-16-14-17(7-2)22(27-5)20(15-16)12-13-21(25)18-8-10-19(11-9-18)23(26)24(3)4/h8-15H,6-7H2,1-5H3/b13-12+. The lowest BCUT2D eigenvalue weighted by molar-refractivity contribution is 0.0827. The summed E-state index contributed by atoms with van der Waals surface area (Å²) in [5.41, 5.74) is 4.36. The molecule has 0 N–H and O–H groups in total. The molecule has 0 heterocycles. The average Bonchev–Trinajstić information content (AvgIpc) is 2.70. The van der Waals surface area contributed by atoms with E-state index in [0.717, 1.165) is 29.7 Å². The number of rotatable bonds is 7. The number of allylic oxidation sites excluding steroid dienone is 1. The van der Waals surface area contributed by atoms with Gasteiger partial charge in [0.25, 0.3) is 5.91 Å². The van der Waals surface area contributed by atoms with Crippen molar-refractivity contribution in [3.05, 3.63) is 70.3 Å². The Morgan fingerprint density at radius 2 is 1.63 bits per heavy atom. The van der Waals surface area contributed by atoms with E-state index in [2.05, 4.69) is 26.0 Å². The molecular weight excluding hydrogens is 338 g/mol. The Bertz CT molecular complexity index is 849. The van der Waals surface area contributed by atoms with Crippen LogP contribution in [0.1, 0.15) is 51.3 Å². The highest BCUT2D eigenvalue weighted by Gasteiger charge is 2.11. The minimum Gasteiger partial charge on any atom is -0.496 e. The third kappa shape index (κ3) is 4.85. The molecule has 0 aliphatic heterocycles. The van der Waals surface area contributed by atoms with Gasteiger partial charge in [0.15, 0.2) is 5.78 Å². The lowest BCUT2D eigenvalue weighted by atomic mass is 9.99. The fourth-order valence-electron chi connectivity index (χ4n) is 2.92. The molecule has 0 fully saturated rings. The molecule has 0 aliphatic rings. The van der Waals surface area contributed by atoms with Gasteiger partial charge in [0.2, 0.25) is 0 Å². The molecule has 2 aromatic carbocycles. The van der Waals surface area contributed by atoms with Crippen molar-refractivity contribution in [3.8, 4) is 5.75 Å².